The molecule has 0 bridgehead atoms. The maximum Gasteiger partial charge on any atom is 0.186 e. The molecule has 1 rings (SSSR count). The van der Waals surface area contributed by atoms with Gasteiger partial charge in [-0.25, -0.2) is 0 Å². The number of hydrazone groups is 1. The van der Waals surface area contributed by atoms with Crippen molar-refractivity contribution in [1.29, 1.82) is 0 Å². The van der Waals surface area contributed by atoms with Gasteiger partial charge in [-0.2, -0.15) is 5.10 Å². The fourth-order valence-corrected chi connectivity index (χ4v) is 1.65. The molecule has 2 N–H and O–H groups in total. The summed E-state index contributed by atoms with van der Waals surface area (Å²) in [7, 11) is 3.27. The minimum absolute atomic E-state index is 0.431. The third-order valence-electron chi connectivity index (χ3n) is 2.15. The molecule has 0 aliphatic heterocycles. The maximum absolute atomic E-state index is 6.14. The second-order valence-corrected chi connectivity index (χ2v) is 4.23. The van der Waals surface area contributed by atoms with Crippen molar-refractivity contribution in [1.82, 2.24) is 10.7 Å². The molecule has 0 radical (unpaired) electrons. The van der Waals surface area contributed by atoms with Gasteiger partial charge >= 0.3 is 0 Å². The van der Waals surface area contributed by atoms with E-state index < -0.39 is 0 Å². The van der Waals surface area contributed by atoms with Crippen LogP contribution in [0.3, 0.4) is 0 Å². The number of thiocarbonyl (C=S) groups is 1. The first kappa shape index (κ1) is 15.5. The van der Waals surface area contributed by atoms with Crippen LogP contribution >= 0.6 is 23.8 Å². The zero-order valence-electron chi connectivity index (χ0n) is 11.0. The minimum Gasteiger partial charge on any atom is -0.493 e. The van der Waals surface area contributed by atoms with Gasteiger partial charge in [0, 0.05) is 7.05 Å². The lowest BCUT2D eigenvalue weighted by atomic mass is 10.2. The van der Waals surface area contributed by atoms with Gasteiger partial charge in [0.15, 0.2) is 16.6 Å². The third kappa shape index (κ3) is 4.57. The number of nitrogens with zero attached hydrogens (tertiary/aromatic N) is 1. The fraction of sp³-hybridized carbons (Fsp3) is 0.333. The van der Waals surface area contributed by atoms with Crippen LogP contribution in [0.1, 0.15) is 12.5 Å². The molecule has 0 heterocycles. The third-order valence-corrected chi connectivity index (χ3v) is 2.72. The van der Waals surface area contributed by atoms with Crippen molar-refractivity contribution in [3.63, 3.8) is 0 Å². The molecular weight excluding hydrogens is 286 g/mol. The van der Waals surface area contributed by atoms with Crippen LogP contribution in [0.2, 0.25) is 5.02 Å². The summed E-state index contributed by atoms with van der Waals surface area (Å²) >= 11 is 11.0. The van der Waals surface area contributed by atoms with Crippen LogP contribution in [0.4, 0.5) is 0 Å². The molecule has 0 saturated heterocycles. The quantitative estimate of drug-likeness (QED) is 0.496. The fourth-order valence-electron chi connectivity index (χ4n) is 1.32. The average molecular weight is 302 g/mol. The van der Waals surface area contributed by atoms with Crippen LogP contribution in [0.25, 0.3) is 0 Å². The lowest BCUT2D eigenvalue weighted by Gasteiger charge is -2.11. The van der Waals surface area contributed by atoms with E-state index >= 15 is 0 Å². The van der Waals surface area contributed by atoms with Crippen LogP contribution in [-0.4, -0.2) is 32.1 Å². The highest BCUT2D eigenvalue weighted by atomic mass is 35.5. The van der Waals surface area contributed by atoms with Crippen molar-refractivity contribution < 1.29 is 9.47 Å². The number of rotatable bonds is 5. The van der Waals surface area contributed by atoms with E-state index in [1.165, 1.54) is 0 Å². The van der Waals surface area contributed by atoms with E-state index in [-0.39, 0.29) is 0 Å². The van der Waals surface area contributed by atoms with Gasteiger partial charge in [-0.05, 0) is 36.8 Å². The van der Waals surface area contributed by atoms with Gasteiger partial charge in [0.2, 0.25) is 0 Å². The summed E-state index contributed by atoms with van der Waals surface area (Å²) in [6.45, 7) is 2.40. The van der Waals surface area contributed by atoms with Crippen molar-refractivity contribution in [3.8, 4) is 11.5 Å². The Bertz CT molecular complexity index is 480. The Labute approximate surface area is 122 Å². The van der Waals surface area contributed by atoms with Crippen LogP contribution < -0.4 is 20.2 Å². The number of methoxy groups -OCH3 is 1. The molecule has 0 aromatic heterocycles. The Morgan fingerprint density at radius 2 is 2.26 bits per heavy atom. The number of hydrogen-bond acceptors (Lipinski definition) is 4. The minimum atomic E-state index is 0.431. The smallest absolute Gasteiger partial charge is 0.186 e. The Kier molecular flexibility index (Phi) is 6.38. The summed E-state index contributed by atoms with van der Waals surface area (Å²) < 4.78 is 10.7. The average Bonchev–Trinajstić information content (AvgIpc) is 2.41. The predicted molar refractivity (Wildman–Crippen MR) is 81.6 cm³/mol. The molecule has 0 saturated carbocycles. The van der Waals surface area contributed by atoms with E-state index in [0.717, 1.165) is 5.56 Å². The standard InChI is InChI=1S/C12H16ClN3O2S/c1-4-18-11-9(13)5-8(6-10(11)17-3)7-15-16-12(19)14-2/h5-7H,4H2,1-3H3,(H2,14,16,19)/b15-7+. The van der Waals surface area contributed by atoms with Crippen molar-refractivity contribution in [2.75, 3.05) is 20.8 Å². The topological polar surface area (TPSA) is 54.9 Å². The summed E-state index contributed by atoms with van der Waals surface area (Å²) in [5.74, 6) is 1.09. The monoisotopic (exact) mass is 301 g/mol. The van der Waals surface area contributed by atoms with Gasteiger partial charge in [-0.15, -0.1) is 0 Å². The molecule has 0 aliphatic rings. The first-order valence-corrected chi connectivity index (χ1v) is 6.42. The van der Waals surface area contributed by atoms with Crippen LogP contribution in [-0.2, 0) is 0 Å². The molecule has 0 unspecified atom stereocenters. The van der Waals surface area contributed by atoms with Crippen LogP contribution in [0, 0.1) is 0 Å². The van der Waals surface area contributed by atoms with Gasteiger partial charge in [-0.3, -0.25) is 5.43 Å². The molecular formula is C12H16ClN3O2S. The van der Waals surface area contributed by atoms with Gasteiger partial charge in [0.05, 0.1) is 25.0 Å². The Balaban J connectivity index is 2.92. The zero-order valence-corrected chi connectivity index (χ0v) is 12.6. The first-order chi connectivity index (χ1) is 9.12. The van der Waals surface area contributed by atoms with Crippen molar-refractivity contribution in [2.24, 2.45) is 5.10 Å². The largest absolute Gasteiger partial charge is 0.493 e. The Morgan fingerprint density at radius 1 is 1.53 bits per heavy atom. The van der Waals surface area contributed by atoms with Gasteiger partial charge in [-0.1, -0.05) is 11.6 Å². The molecule has 0 aliphatic carbocycles. The normalized spacial score (nSPS) is 10.3. The highest BCUT2D eigenvalue weighted by molar-refractivity contribution is 7.80. The van der Waals surface area contributed by atoms with Gasteiger partial charge < -0.3 is 14.8 Å². The zero-order chi connectivity index (χ0) is 14.3. The molecule has 104 valence electrons. The highest BCUT2D eigenvalue weighted by Gasteiger charge is 2.10. The van der Waals surface area contributed by atoms with E-state index in [1.807, 2.05) is 6.92 Å². The number of nitrogens with one attached hydrogen (secondary N) is 2. The van der Waals surface area contributed by atoms with Crippen LogP contribution in [0.15, 0.2) is 17.2 Å². The second kappa shape index (κ2) is 7.81. The Hall–Kier alpha value is -1.53. The summed E-state index contributed by atoms with van der Waals surface area (Å²) in [5, 5.41) is 7.62. The summed E-state index contributed by atoms with van der Waals surface area (Å²) in [6.07, 6.45) is 1.59. The van der Waals surface area contributed by atoms with Crippen molar-refractivity contribution in [3.05, 3.63) is 22.7 Å². The SMILES string of the molecule is CCOc1c(Cl)cc(/C=N/NC(=S)NC)cc1OC. The van der Waals surface area contributed by atoms with Crippen molar-refractivity contribution >= 4 is 35.1 Å². The van der Waals surface area contributed by atoms with Crippen LogP contribution in [0.5, 0.6) is 11.5 Å². The number of halogens is 1. The molecule has 0 spiro atoms. The summed E-state index contributed by atoms with van der Waals surface area (Å²) in [6, 6.07) is 3.52. The van der Waals surface area contributed by atoms with E-state index in [1.54, 1.807) is 32.5 Å². The second-order valence-electron chi connectivity index (χ2n) is 3.42. The lowest BCUT2D eigenvalue weighted by Crippen LogP contribution is -2.28. The molecule has 0 amide bonds. The lowest BCUT2D eigenvalue weighted by molar-refractivity contribution is 0.311. The Morgan fingerprint density at radius 3 is 2.84 bits per heavy atom. The van der Waals surface area contributed by atoms with Crippen molar-refractivity contribution in [2.45, 2.75) is 6.92 Å². The molecule has 19 heavy (non-hydrogen) atoms. The molecule has 0 atom stereocenters. The van der Waals surface area contributed by atoms with E-state index in [9.17, 15) is 0 Å². The van der Waals surface area contributed by atoms with E-state index in [0.29, 0.717) is 28.2 Å². The van der Waals surface area contributed by atoms with E-state index in [2.05, 4.69) is 15.8 Å². The van der Waals surface area contributed by atoms with E-state index in [4.69, 9.17) is 33.3 Å². The molecule has 0 fully saturated rings. The molecule has 7 heteroatoms. The highest BCUT2D eigenvalue weighted by Crippen LogP contribution is 2.35. The van der Waals surface area contributed by atoms with Gasteiger partial charge in [0.25, 0.3) is 0 Å². The maximum atomic E-state index is 6.14. The number of ether oxygens (including phenoxy) is 2. The molecule has 1 aromatic carbocycles. The number of hydrogen-bond donors (Lipinski definition) is 2. The predicted octanol–water partition coefficient (Wildman–Crippen LogP) is 2.18. The summed E-state index contributed by atoms with van der Waals surface area (Å²) in [4.78, 5) is 0. The first-order valence-electron chi connectivity index (χ1n) is 5.63. The molecule has 5 nitrogen and oxygen atoms in total. The summed E-state index contributed by atoms with van der Waals surface area (Å²) in [5.41, 5.74) is 3.43. The number of benzene rings is 1. The van der Waals surface area contributed by atoms with Gasteiger partial charge in [0.1, 0.15) is 0 Å². The molecule has 1 aromatic rings.